The van der Waals surface area contributed by atoms with Gasteiger partial charge in [-0.05, 0) is 18.2 Å². The summed E-state index contributed by atoms with van der Waals surface area (Å²) in [5.74, 6) is 0.688. The third kappa shape index (κ3) is 1.85. The molecule has 0 radical (unpaired) electrons. The zero-order valence-corrected chi connectivity index (χ0v) is 8.45. The van der Waals surface area contributed by atoms with Crippen molar-refractivity contribution >= 4 is 15.9 Å². The number of rotatable bonds is 0. The van der Waals surface area contributed by atoms with Gasteiger partial charge in [0.15, 0.2) is 6.29 Å². The number of ether oxygens (including phenoxy) is 2. The largest absolute Gasteiger partial charge is 0.491 e. The van der Waals surface area contributed by atoms with E-state index in [9.17, 15) is 5.11 Å². The fraction of sp³-hybridized carbons (Fsp3) is 0.333. The summed E-state index contributed by atoms with van der Waals surface area (Å²) < 4.78 is 11.4. The van der Waals surface area contributed by atoms with Gasteiger partial charge in [0.2, 0.25) is 0 Å². The van der Waals surface area contributed by atoms with Gasteiger partial charge in [-0.3, -0.25) is 0 Å². The molecule has 0 fully saturated rings. The van der Waals surface area contributed by atoms with Crippen LogP contribution in [0.5, 0.6) is 5.75 Å². The number of aliphatic hydroxyl groups excluding tert-OH is 1. The average molecular weight is 245 g/mol. The maximum Gasteiger partial charge on any atom is 0.184 e. The third-order valence-electron chi connectivity index (χ3n) is 1.85. The lowest BCUT2D eigenvalue weighted by Crippen LogP contribution is -2.04. The van der Waals surface area contributed by atoms with E-state index in [4.69, 9.17) is 9.47 Å². The van der Waals surface area contributed by atoms with Gasteiger partial charge in [-0.1, -0.05) is 15.9 Å². The molecule has 1 heterocycles. The summed E-state index contributed by atoms with van der Waals surface area (Å²) in [4.78, 5) is 0. The zero-order chi connectivity index (χ0) is 9.26. The van der Waals surface area contributed by atoms with Gasteiger partial charge in [0, 0.05) is 4.47 Å². The lowest BCUT2D eigenvalue weighted by atomic mass is 10.2. The van der Waals surface area contributed by atoms with E-state index in [0.29, 0.717) is 24.5 Å². The molecular weight excluding hydrogens is 236 g/mol. The molecule has 0 aliphatic carbocycles. The first-order valence-corrected chi connectivity index (χ1v) is 4.78. The molecule has 0 bridgehead atoms. The molecule has 3 nitrogen and oxygen atoms in total. The minimum Gasteiger partial charge on any atom is -0.491 e. The van der Waals surface area contributed by atoms with E-state index >= 15 is 0 Å². The van der Waals surface area contributed by atoms with Gasteiger partial charge in [0.25, 0.3) is 0 Å². The predicted molar refractivity (Wildman–Crippen MR) is 50.5 cm³/mol. The van der Waals surface area contributed by atoms with Crippen molar-refractivity contribution in [3.63, 3.8) is 0 Å². The van der Waals surface area contributed by atoms with E-state index in [-0.39, 0.29) is 0 Å². The number of benzene rings is 1. The minimum atomic E-state index is -0.880. The van der Waals surface area contributed by atoms with Crippen LogP contribution >= 0.6 is 15.9 Å². The molecule has 1 aromatic carbocycles. The second-order valence-electron chi connectivity index (χ2n) is 2.75. The van der Waals surface area contributed by atoms with Crippen LogP contribution in [0, 0.1) is 0 Å². The van der Waals surface area contributed by atoms with Crippen LogP contribution in [0.3, 0.4) is 0 Å². The number of fused-ring (bicyclic) bond motifs is 1. The predicted octanol–water partition coefficient (Wildman–Crippen LogP) is 1.85. The van der Waals surface area contributed by atoms with Crippen LogP contribution in [-0.2, 0) is 4.74 Å². The van der Waals surface area contributed by atoms with E-state index in [1.165, 1.54) is 0 Å². The highest BCUT2D eigenvalue weighted by Gasteiger charge is 2.17. The summed E-state index contributed by atoms with van der Waals surface area (Å²) in [5.41, 5.74) is 0.673. The first kappa shape index (κ1) is 8.99. The average Bonchev–Trinajstić information content (AvgIpc) is 2.29. The third-order valence-corrected chi connectivity index (χ3v) is 2.35. The SMILES string of the molecule is OC1OCCOc2ccc(Br)cc21. The van der Waals surface area contributed by atoms with Crippen molar-refractivity contribution in [3.8, 4) is 5.75 Å². The quantitative estimate of drug-likeness (QED) is 0.758. The molecule has 1 aliphatic heterocycles. The Labute approximate surface area is 84.4 Å². The summed E-state index contributed by atoms with van der Waals surface area (Å²) in [6.07, 6.45) is -0.880. The molecule has 0 saturated heterocycles. The van der Waals surface area contributed by atoms with Gasteiger partial charge in [0.1, 0.15) is 12.4 Å². The lowest BCUT2D eigenvalue weighted by Gasteiger charge is -2.10. The lowest BCUT2D eigenvalue weighted by molar-refractivity contribution is -0.100. The van der Waals surface area contributed by atoms with Gasteiger partial charge < -0.3 is 14.6 Å². The molecule has 70 valence electrons. The van der Waals surface area contributed by atoms with Crippen LogP contribution in [0.1, 0.15) is 11.9 Å². The molecule has 1 N–H and O–H groups in total. The summed E-state index contributed by atoms with van der Waals surface area (Å²) in [7, 11) is 0. The smallest absolute Gasteiger partial charge is 0.184 e. The Balaban J connectivity index is 2.43. The van der Waals surface area contributed by atoms with Crippen molar-refractivity contribution in [3.05, 3.63) is 28.2 Å². The number of hydrogen-bond donors (Lipinski definition) is 1. The summed E-state index contributed by atoms with van der Waals surface area (Å²) in [5, 5.41) is 9.54. The van der Waals surface area contributed by atoms with Gasteiger partial charge in [-0.2, -0.15) is 0 Å². The summed E-state index contributed by atoms with van der Waals surface area (Å²) in [6, 6.07) is 5.49. The highest BCUT2D eigenvalue weighted by Crippen LogP contribution is 2.30. The second-order valence-corrected chi connectivity index (χ2v) is 3.67. The Morgan fingerprint density at radius 2 is 2.23 bits per heavy atom. The van der Waals surface area contributed by atoms with Crippen LogP contribution in [0.25, 0.3) is 0 Å². The van der Waals surface area contributed by atoms with Crippen LogP contribution in [0.15, 0.2) is 22.7 Å². The Morgan fingerprint density at radius 1 is 1.38 bits per heavy atom. The van der Waals surface area contributed by atoms with E-state index in [2.05, 4.69) is 15.9 Å². The minimum absolute atomic E-state index is 0.410. The second kappa shape index (κ2) is 3.65. The van der Waals surface area contributed by atoms with Crippen LogP contribution in [0.2, 0.25) is 0 Å². The Bertz CT molecular complexity index is 314. The Hall–Kier alpha value is -0.580. The van der Waals surface area contributed by atoms with Crippen molar-refractivity contribution in [1.82, 2.24) is 0 Å². The van der Waals surface area contributed by atoms with Gasteiger partial charge in [-0.25, -0.2) is 0 Å². The molecule has 2 rings (SSSR count). The molecule has 1 unspecified atom stereocenters. The Kier molecular flexibility index (Phi) is 2.53. The van der Waals surface area contributed by atoms with Crippen molar-refractivity contribution in [2.75, 3.05) is 13.2 Å². The fourth-order valence-electron chi connectivity index (χ4n) is 1.24. The van der Waals surface area contributed by atoms with E-state index in [1.807, 2.05) is 12.1 Å². The molecule has 1 atom stereocenters. The molecule has 0 amide bonds. The molecule has 1 aromatic rings. The van der Waals surface area contributed by atoms with E-state index < -0.39 is 6.29 Å². The molecule has 13 heavy (non-hydrogen) atoms. The normalized spacial score (nSPS) is 21.5. The first-order chi connectivity index (χ1) is 6.27. The van der Waals surface area contributed by atoms with Crippen molar-refractivity contribution in [2.45, 2.75) is 6.29 Å². The van der Waals surface area contributed by atoms with Crippen molar-refractivity contribution in [2.24, 2.45) is 0 Å². The molecule has 0 saturated carbocycles. The summed E-state index contributed by atoms with van der Waals surface area (Å²) in [6.45, 7) is 0.888. The van der Waals surface area contributed by atoms with Crippen LogP contribution in [-0.4, -0.2) is 18.3 Å². The van der Waals surface area contributed by atoms with Crippen molar-refractivity contribution < 1.29 is 14.6 Å². The van der Waals surface area contributed by atoms with Crippen molar-refractivity contribution in [1.29, 1.82) is 0 Å². The number of aliphatic hydroxyl groups is 1. The molecular formula is C9H9BrO3. The highest BCUT2D eigenvalue weighted by atomic mass is 79.9. The maximum atomic E-state index is 9.54. The molecule has 0 spiro atoms. The van der Waals surface area contributed by atoms with E-state index in [0.717, 1.165) is 4.47 Å². The Morgan fingerprint density at radius 3 is 3.08 bits per heavy atom. The zero-order valence-electron chi connectivity index (χ0n) is 6.87. The highest BCUT2D eigenvalue weighted by molar-refractivity contribution is 9.10. The molecule has 0 aromatic heterocycles. The molecule has 1 aliphatic rings. The van der Waals surface area contributed by atoms with Gasteiger partial charge in [0.05, 0.1) is 12.2 Å². The van der Waals surface area contributed by atoms with Crippen LogP contribution < -0.4 is 4.74 Å². The van der Waals surface area contributed by atoms with E-state index in [1.54, 1.807) is 6.07 Å². The number of halogens is 1. The molecule has 4 heteroatoms. The fourth-order valence-corrected chi connectivity index (χ4v) is 1.62. The first-order valence-electron chi connectivity index (χ1n) is 3.99. The van der Waals surface area contributed by atoms with Gasteiger partial charge >= 0.3 is 0 Å². The van der Waals surface area contributed by atoms with Crippen LogP contribution in [0.4, 0.5) is 0 Å². The summed E-state index contributed by atoms with van der Waals surface area (Å²) >= 11 is 3.32. The standard InChI is InChI=1S/C9H9BrO3/c10-6-1-2-8-7(5-6)9(11)13-4-3-12-8/h1-2,5,9,11H,3-4H2. The maximum absolute atomic E-state index is 9.54. The topological polar surface area (TPSA) is 38.7 Å². The monoisotopic (exact) mass is 244 g/mol. The number of hydrogen-bond acceptors (Lipinski definition) is 3. The van der Waals surface area contributed by atoms with Gasteiger partial charge in [-0.15, -0.1) is 0 Å².